The van der Waals surface area contributed by atoms with E-state index in [-0.39, 0.29) is 11.3 Å². The lowest BCUT2D eigenvalue weighted by Gasteiger charge is -2.07. The Balaban J connectivity index is 2.39. The summed E-state index contributed by atoms with van der Waals surface area (Å²) in [7, 11) is 0. The van der Waals surface area contributed by atoms with Crippen LogP contribution in [0.5, 0.6) is 0 Å². The maximum atomic E-state index is 12.4. The number of nitriles is 1. The van der Waals surface area contributed by atoms with E-state index in [4.69, 9.17) is 0 Å². The van der Waals surface area contributed by atoms with E-state index in [0.29, 0.717) is 16.1 Å². The molecule has 0 radical (unpaired) electrons. The highest BCUT2D eigenvalue weighted by Crippen LogP contribution is 2.32. The molecule has 0 aliphatic carbocycles. The average Bonchev–Trinajstić information content (AvgIpc) is 2.72. The first-order valence-electron chi connectivity index (χ1n) is 6.42. The summed E-state index contributed by atoms with van der Waals surface area (Å²) in [5, 5.41) is 23.3. The number of nitro groups is 1. The lowest BCUT2D eigenvalue weighted by Crippen LogP contribution is -2.14. The van der Waals surface area contributed by atoms with Crippen LogP contribution in [0.1, 0.15) is 31.9 Å². The van der Waals surface area contributed by atoms with E-state index in [1.165, 1.54) is 36.5 Å². The predicted octanol–water partition coefficient (Wildman–Crippen LogP) is 3.71. The van der Waals surface area contributed by atoms with Crippen molar-refractivity contribution in [3.63, 3.8) is 0 Å². The van der Waals surface area contributed by atoms with Crippen LogP contribution in [0.15, 0.2) is 18.2 Å². The molecule has 112 valence electrons. The molecule has 1 N–H and O–H groups in total. The number of anilines is 1. The molecule has 1 aromatic carbocycles. The van der Waals surface area contributed by atoms with Crippen LogP contribution in [-0.4, -0.2) is 10.8 Å². The van der Waals surface area contributed by atoms with Crippen molar-refractivity contribution in [1.82, 2.24) is 0 Å². The summed E-state index contributed by atoms with van der Waals surface area (Å²) in [6, 6.07) is 6.42. The third-order valence-electron chi connectivity index (χ3n) is 3.47. The molecule has 1 aromatic heterocycles. The van der Waals surface area contributed by atoms with Gasteiger partial charge in [-0.05, 0) is 32.4 Å². The van der Waals surface area contributed by atoms with Gasteiger partial charge in [-0.15, -0.1) is 11.3 Å². The summed E-state index contributed by atoms with van der Waals surface area (Å²) in [6.07, 6.45) is 0. The number of benzene rings is 1. The van der Waals surface area contributed by atoms with Gasteiger partial charge in [-0.25, -0.2) is 0 Å². The quantitative estimate of drug-likeness (QED) is 0.689. The van der Waals surface area contributed by atoms with E-state index in [2.05, 4.69) is 11.4 Å². The minimum Gasteiger partial charge on any atom is -0.312 e. The van der Waals surface area contributed by atoms with Gasteiger partial charge in [0.2, 0.25) is 0 Å². The molecular formula is C15H13N3O3S. The third kappa shape index (κ3) is 2.69. The van der Waals surface area contributed by atoms with E-state index in [1.807, 2.05) is 13.8 Å². The zero-order valence-electron chi connectivity index (χ0n) is 12.3. The molecule has 7 heteroatoms. The minimum absolute atomic E-state index is 0.105. The second kappa shape index (κ2) is 5.95. The number of nitrogens with one attached hydrogen (secondary N) is 1. The zero-order valence-corrected chi connectivity index (χ0v) is 13.1. The first-order valence-corrected chi connectivity index (χ1v) is 7.24. The Morgan fingerprint density at radius 1 is 1.32 bits per heavy atom. The van der Waals surface area contributed by atoms with Crippen molar-refractivity contribution in [2.75, 3.05) is 5.32 Å². The van der Waals surface area contributed by atoms with Crippen LogP contribution in [0, 0.1) is 42.2 Å². The fourth-order valence-corrected chi connectivity index (χ4v) is 3.09. The van der Waals surface area contributed by atoms with Crippen LogP contribution in [-0.2, 0) is 0 Å². The summed E-state index contributed by atoms with van der Waals surface area (Å²) in [5.74, 6) is -0.459. The highest BCUT2D eigenvalue weighted by Gasteiger charge is 2.20. The molecule has 0 aliphatic heterocycles. The molecule has 0 atom stereocenters. The summed E-state index contributed by atoms with van der Waals surface area (Å²) in [5.41, 5.74) is 1.68. The third-order valence-corrected chi connectivity index (χ3v) is 4.59. The fourth-order valence-electron chi connectivity index (χ4n) is 2.09. The zero-order chi connectivity index (χ0) is 16.4. The normalized spacial score (nSPS) is 10.1. The van der Waals surface area contributed by atoms with Gasteiger partial charge in [0.05, 0.1) is 10.5 Å². The Bertz CT molecular complexity index is 818. The number of carbonyl (C=O) groups is 1. The van der Waals surface area contributed by atoms with Gasteiger partial charge < -0.3 is 5.32 Å². The Kier molecular flexibility index (Phi) is 4.24. The van der Waals surface area contributed by atoms with Crippen molar-refractivity contribution in [3.8, 4) is 6.07 Å². The second-order valence-corrected chi connectivity index (χ2v) is 5.98. The van der Waals surface area contributed by atoms with Crippen molar-refractivity contribution in [2.24, 2.45) is 0 Å². The van der Waals surface area contributed by atoms with Gasteiger partial charge in [0.15, 0.2) is 0 Å². The topological polar surface area (TPSA) is 96.0 Å². The van der Waals surface area contributed by atoms with Crippen molar-refractivity contribution in [1.29, 1.82) is 5.26 Å². The molecule has 22 heavy (non-hydrogen) atoms. The van der Waals surface area contributed by atoms with E-state index >= 15 is 0 Å². The molecule has 0 saturated carbocycles. The Hall–Kier alpha value is -2.72. The Morgan fingerprint density at radius 3 is 2.59 bits per heavy atom. The van der Waals surface area contributed by atoms with Crippen LogP contribution < -0.4 is 5.32 Å². The fraction of sp³-hybridized carbons (Fsp3) is 0.200. The molecule has 0 spiro atoms. The number of hydrogen-bond donors (Lipinski definition) is 1. The van der Waals surface area contributed by atoms with Crippen molar-refractivity contribution in [2.45, 2.75) is 20.8 Å². The predicted molar refractivity (Wildman–Crippen MR) is 84.3 cm³/mol. The number of nitro benzene ring substituents is 1. The van der Waals surface area contributed by atoms with Gasteiger partial charge in [-0.1, -0.05) is 6.07 Å². The van der Waals surface area contributed by atoms with Gasteiger partial charge in [-0.2, -0.15) is 5.26 Å². The Morgan fingerprint density at radius 2 is 2.00 bits per heavy atom. The number of aryl methyl sites for hydroxylation is 1. The molecule has 0 bridgehead atoms. The number of thiophene rings is 1. The summed E-state index contributed by atoms with van der Waals surface area (Å²) in [6.45, 7) is 5.22. The van der Waals surface area contributed by atoms with Gasteiger partial charge in [0.1, 0.15) is 11.1 Å². The SMILES string of the molecule is Cc1sc(NC(=O)c2cccc([N+](=O)[O-])c2C)c(C#N)c1C. The van der Waals surface area contributed by atoms with Crippen LogP contribution >= 0.6 is 11.3 Å². The summed E-state index contributed by atoms with van der Waals surface area (Å²) in [4.78, 5) is 23.7. The monoisotopic (exact) mass is 315 g/mol. The second-order valence-electron chi connectivity index (χ2n) is 4.76. The van der Waals surface area contributed by atoms with Crippen LogP contribution in [0.2, 0.25) is 0 Å². The van der Waals surface area contributed by atoms with Crippen molar-refractivity contribution < 1.29 is 9.72 Å². The smallest absolute Gasteiger partial charge is 0.273 e. The number of carbonyl (C=O) groups excluding carboxylic acids is 1. The van der Waals surface area contributed by atoms with Gasteiger partial charge in [-0.3, -0.25) is 14.9 Å². The number of amides is 1. The molecule has 1 amide bonds. The molecule has 0 saturated heterocycles. The molecule has 1 heterocycles. The molecular weight excluding hydrogens is 302 g/mol. The van der Waals surface area contributed by atoms with Crippen LogP contribution in [0.4, 0.5) is 10.7 Å². The minimum atomic E-state index is -0.522. The van der Waals surface area contributed by atoms with Crippen LogP contribution in [0.3, 0.4) is 0 Å². The molecule has 6 nitrogen and oxygen atoms in total. The van der Waals surface area contributed by atoms with Crippen molar-refractivity contribution >= 4 is 27.9 Å². The molecule has 0 unspecified atom stereocenters. The first-order chi connectivity index (χ1) is 10.4. The lowest BCUT2D eigenvalue weighted by molar-refractivity contribution is -0.385. The number of rotatable bonds is 3. The standard InChI is InChI=1S/C15H13N3O3S/c1-8-10(3)22-15(12(8)7-16)17-14(19)11-5-4-6-13(9(11)2)18(20)21/h4-6H,1-3H3,(H,17,19). The molecule has 2 rings (SSSR count). The van der Waals surface area contributed by atoms with Crippen molar-refractivity contribution in [3.05, 3.63) is 55.4 Å². The molecule has 0 fully saturated rings. The molecule has 2 aromatic rings. The maximum Gasteiger partial charge on any atom is 0.273 e. The largest absolute Gasteiger partial charge is 0.312 e. The van der Waals surface area contributed by atoms with E-state index < -0.39 is 10.8 Å². The van der Waals surface area contributed by atoms with Crippen LogP contribution in [0.25, 0.3) is 0 Å². The summed E-state index contributed by atoms with van der Waals surface area (Å²) < 4.78 is 0. The Labute approximate surface area is 131 Å². The number of nitrogens with zero attached hydrogens (tertiary/aromatic N) is 2. The summed E-state index contributed by atoms with van der Waals surface area (Å²) >= 11 is 1.32. The highest BCUT2D eigenvalue weighted by molar-refractivity contribution is 7.16. The first kappa shape index (κ1) is 15.7. The maximum absolute atomic E-state index is 12.4. The molecule has 0 aliphatic rings. The highest BCUT2D eigenvalue weighted by atomic mass is 32.1. The van der Waals surface area contributed by atoms with Gasteiger partial charge >= 0.3 is 0 Å². The van der Waals surface area contributed by atoms with E-state index in [9.17, 15) is 20.2 Å². The van der Waals surface area contributed by atoms with Gasteiger partial charge in [0, 0.05) is 22.1 Å². The van der Waals surface area contributed by atoms with E-state index in [1.54, 1.807) is 0 Å². The van der Waals surface area contributed by atoms with E-state index in [0.717, 1.165) is 10.4 Å². The number of hydrogen-bond acceptors (Lipinski definition) is 5. The lowest BCUT2D eigenvalue weighted by atomic mass is 10.1. The van der Waals surface area contributed by atoms with Gasteiger partial charge in [0.25, 0.3) is 11.6 Å². The average molecular weight is 315 g/mol.